The van der Waals surface area contributed by atoms with Crippen LogP contribution in [0.4, 0.5) is 4.39 Å². The SMILES string of the molecule is CS(=O)(=O)c1cc(F)cc(C2(N)CCC2)c1. The van der Waals surface area contributed by atoms with Crippen molar-refractivity contribution in [3.8, 4) is 0 Å². The maximum Gasteiger partial charge on any atom is 0.175 e. The van der Waals surface area contributed by atoms with E-state index in [1.54, 1.807) is 0 Å². The molecule has 16 heavy (non-hydrogen) atoms. The molecular formula is C11H14FNO2S. The molecule has 2 rings (SSSR count). The van der Waals surface area contributed by atoms with Crippen LogP contribution in [0, 0.1) is 5.82 Å². The van der Waals surface area contributed by atoms with Gasteiger partial charge < -0.3 is 5.73 Å². The van der Waals surface area contributed by atoms with Gasteiger partial charge in [0.2, 0.25) is 0 Å². The number of hydrogen-bond acceptors (Lipinski definition) is 3. The molecule has 0 heterocycles. The van der Waals surface area contributed by atoms with Crippen LogP contribution in [-0.4, -0.2) is 14.7 Å². The second kappa shape index (κ2) is 3.53. The Morgan fingerprint density at radius 1 is 1.31 bits per heavy atom. The van der Waals surface area contributed by atoms with Crippen molar-refractivity contribution >= 4 is 9.84 Å². The summed E-state index contributed by atoms with van der Waals surface area (Å²) in [5.74, 6) is -0.547. The molecular weight excluding hydrogens is 229 g/mol. The molecule has 0 aliphatic heterocycles. The van der Waals surface area contributed by atoms with E-state index in [9.17, 15) is 12.8 Å². The summed E-state index contributed by atoms with van der Waals surface area (Å²) in [5.41, 5.74) is 6.09. The number of nitrogens with two attached hydrogens (primary N) is 1. The number of sulfone groups is 1. The fourth-order valence-corrected chi connectivity index (χ4v) is 2.58. The van der Waals surface area contributed by atoms with Crippen molar-refractivity contribution in [1.82, 2.24) is 0 Å². The topological polar surface area (TPSA) is 60.2 Å². The molecule has 0 saturated heterocycles. The van der Waals surface area contributed by atoms with Crippen LogP contribution >= 0.6 is 0 Å². The fraction of sp³-hybridized carbons (Fsp3) is 0.455. The zero-order valence-electron chi connectivity index (χ0n) is 9.03. The largest absolute Gasteiger partial charge is 0.321 e. The minimum Gasteiger partial charge on any atom is -0.321 e. The smallest absolute Gasteiger partial charge is 0.175 e. The van der Waals surface area contributed by atoms with E-state index in [0.717, 1.165) is 31.6 Å². The maximum atomic E-state index is 13.3. The van der Waals surface area contributed by atoms with Gasteiger partial charge in [0, 0.05) is 11.8 Å². The van der Waals surface area contributed by atoms with Crippen LogP contribution in [0.2, 0.25) is 0 Å². The van der Waals surface area contributed by atoms with Crippen molar-refractivity contribution in [2.75, 3.05) is 6.26 Å². The Morgan fingerprint density at radius 3 is 2.38 bits per heavy atom. The van der Waals surface area contributed by atoms with Gasteiger partial charge >= 0.3 is 0 Å². The molecule has 3 nitrogen and oxygen atoms in total. The van der Waals surface area contributed by atoms with Gasteiger partial charge in [-0.3, -0.25) is 0 Å². The maximum absolute atomic E-state index is 13.3. The predicted octanol–water partition coefficient (Wildman–Crippen LogP) is 1.57. The highest BCUT2D eigenvalue weighted by molar-refractivity contribution is 7.90. The second-order valence-electron chi connectivity index (χ2n) is 4.46. The summed E-state index contributed by atoms with van der Waals surface area (Å²) >= 11 is 0. The van der Waals surface area contributed by atoms with Crippen LogP contribution in [0.25, 0.3) is 0 Å². The summed E-state index contributed by atoms with van der Waals surface area (Å²) in [6.07, 6.45) is 3.62. The standard InChI is InChI=1S/C11H14FNO2S/c1-16(14,15)10-6-8(5-9(12)7-10)11(13)3-2-4-11/h5-7H,2-4,13H2,1H3. The van der Waals surface area contributed by atoms with Gasteiger partial charge in [-0.25, -0.2) is 12.8 Å². The highest BCUT2D eigenvalue weighted by atomic mass is 32.2. The van der Waals surface area contributed by atoms with Crippen LogP contribution in [0.1, 0.15) is 24.8 Å². The van der Waals surface area contributed by atoms with Gasteiger partial charge in [-0.15, -0.1) is 0 Å². The van der Waals surface area contributed by atoms with Gasteiger partial charge in [0.1, 0.15) is 5.82 Å². The Labute approximate surface area is 94.4 Å². The van der Waals surface area contributed by atoms with Gasteiger partial charge in [-0.2, -0.15) is 0 Å². The summed E-state index contributed by atoms with van der Waals surface area (Å²) in [6, 6.07) is 3.84. The molecule has 0 radical (unpaired) electrons. The molecule has 0 aromatic heterocycles. The quantitative estimate of drug-likeness (QED) is 0.857. The lowest BCUT2D eigenvalue weighted by Crippen LogP contribution is -2.43. The lowest BCUT2D eigenvalue weighted by molar-refractivity contribution is 0.252. The number of halogens is 1. The molecule has 1 aliphatic carbocycles. The van der Waals surface area contributed by atoms with Gasteiger partial charge in [-0.1, -0.05) is 0 Å². The van der Waals surface area contributed by atoms with Crippen LogP contribution < -0.4 is 5.73 Å². The highest BCUT2D eigenvalue weighted by Gasteiger charge is 2.35. The van der Waals surface area contributed by atoms with E-state index in [1.165, 1.54) is 12.1 Å². The van der Waals surface area contributed by atoms with Crippen molar-refractivity contribution in [2.24, 2.45) is 5.73 Å². The molecule has 1 aliphatic rings. The predicted molar refractivity (Wildman–Crippen MR) is 59.2 cm³/mol. The fourth-order valence-electron chi connectivity index (χ4n) is 1.91. The monoisotopic (exact) mass is 243 g/mol. The highest BCUT2D eigenvalue weighted by Crippen LogP contribution is 2.39. The average Bonchev–Trinajstić information content (AvgIpc) is 2.11. The molecule has 1 saturated carbocycles. The van der Waals surface area contributed by atoms with Gasteiger partial charge in [0.25, 0.3) is 0 Å². The van der Waals surface area contributed by atoms with Crippen LogP contribution in [0.5, 0.6) is 0 Å². The lowest BCUT2D eigenvalue weighted by atomic mass is 9.73. The summed E-state index contributed by atoms with van der Waals surface area (Å²) in [7, 11) is -3.39. The van der Waals surface area contributed by atoms with Crippen LogP contribution in [0.3, 0.4) is 0 Å². The Balaban J connectivity index is 2.52. The number of rotatable bonds is 2. The molecule has 1 aromatic rings. The third kappa shape index (κ3) is 1.97. The molecule has 1 aromatic carbocycles. The minimum absolute atomic E-state index is 0.000718. The first kappa shape index (κ1) is 11.5. The molecule has 0 spiro atoms. The molecule has 88 valence electrons. The zero-order valence-corrected chi connectivity index (χ0v) is 9.85. The summed E-state index contributed by atoms with van der Waals surface area (Å²) in [6.45, 7) is 0. The number of hydrogen-bond donors (Lipinski definition) is 1. The lowest BCUT2D eigenvalue weighted by Gasteiger charge is -2.38. The van der Waals surface area contributed by atoms with Crippen molar-refractivity contribution in [3.63, 3.8) is 0 Å². The Bertz CT molecular complexity index is 521. The normalized spacial score (nSPS) is 19.2. The molecule has 0 atom stereocenters. The molecule has 5 heteroatoms. The molecule has 2 N–H and O–H groups in total. The summed E-state index contributed by atoms with van der Waals surface area (Å²) in [4.78, 5) is -0.000718. The first-order chi connectivity index (χ1) is 7.31. The average molecular weight is 243 g/mol. The van der Waals surface area contributed by atoms with Crippen LogP contribution in [0.15, 0.2) is 23.1 Å². The van der Waals surface area contributed by atoms with E-state index in [-0.39, 0.29) is 4.90 Å². The molecule has 0 unspecified atom stereocenters. The second-order valence-corrected chi connectivity index (χ2v) is 6.47. The molecule has 0 bridgehead atoms. The van der Waals surface area contributed by atoms with Gasteiger partial charge in [-0.05, 0) is 43.0 Å². The van der Waals surface area contributed by atoms with Crippen molar-refractivity contribution in [2.45, 2.75) is 29.7 Å². The van der Waals surface area contributed by atoms with Crippen molar-refractivity contribution in [3.05, 3.63) is 29.6 Å². The third-order valence-electron chi connectivity index (χ3n) is 3.12. The first-order valence-corrected chi connectivity index (χ1v) is 7.00. The van der Waals surface area contributed by atoms with E-state index >= 15 is 0 Å². The van der Waals surface area contributed by atoms with Crippen LogP contribution in [-0.2, 0) is 15.4 Å². The van der Waals surface area contributed by atoms with E-state index < -0.39 is 21.2 Å². The molecule has 0 amide bonds. The van der Waals surface area contributed by atoms with Gasteiger partial charge in [0.15, 0.2) is 9.84 Å². The van der Waals surface area contributed by atoms with Gasteiger partial charge in [0.05, 0.1) is 4.90 Å². The van der Waals surface area contributed by atoms with E-state index in [0.29, 0.717) is 5.56 Å². The van der Waals surface area contributed by atoms with E-state index in [4.69, 9.17) is 5.73 Å². The molecule has 1 fully saturated rings. The zero-order chi connectivity index (χ0) is 12.0. The summed E-state index contributed by atoms with van der Waals surface area (Å²) < 4.78 is 36.1. The Hall–Kier alpha value is -0.940. The van der Waals surface area contributed by atoms with E-state index in [1.807, 2.05) is 0 Å². The summed E-state index contributed by atoms with van der Waals surface area (Å²) in [5, 5.41) is 0. The van der Waals surface area contributed by atoms with Crippen molar-refractivity contribution < 1.29 is 12.8 Å². The minimum atomic E-state index is -3.39. The Morgan fingerprint density at radius 2 is 1.94 bits per heavy atom. The van der Waals surface area contributed by atoms with Crippen molar-refractivity contribution in [1.29, 1.82) is 0 Å². The first-order valence-electron chi connectivity index (χ1n) is 5.11. The Kier molecular flexibility index (Phi) is 2.55. The third-order valence-corrected chi connectivity index (χ3v) is 4.21. The number of benzene rings is 1. The van der Waals surface area contributed by atoms with E-state index in [2.05, 4.69) is 0 Å².